The summed E-state index contributed by atoms with van der Waals surface area (Å²) in [4.78, 5) is 32.6. The number of nitrogens with zero attached hydrogens (tertiary/aromatic N) is 1. The van der Waals surface area contributed by atoms with Gasteiger partial charge in [0.05, 0.1) is 6.61 Å². The van der Waals surface area contributed by atoms with E-state index in [1.807, 2.05) is 6.07 Å². The van der Waals surface area contributed by atoms with E-state index >= 15 is 0 Å². The summed E-state index contributed by atoms with van der Waals surface area (Å²) in [6, 6.07) is 3.76. The summed E-state index contributed by atoms with van der Waals surface area (Å²) >= 11 is 2.98. The third-order valence-electron chi connectivity index (χ3n) is 3.53. The highest BCUT2D eigenvalue weighted by Crippen LogP contribution is 2.33. The number of hydrogen-bond acceptors (Lipinski definition) is 8. The van der Waals surface area contributed by atoms with Gasteiger partial charge in [-0.1, -0.05) is 0 Å². The number of aryl methyl sites for hydroxylation is 1. The molecule has 1 aliphatic rings. The van der Waals surface area contributed by atoms with Crippen LogP contribution in [0.3, 0.4) is 0 Å². The van der Waals surface area contributed by atoms with Gasteiger partial charge in [-0.05, 0) is 31.9 Å². The molecule has 128 valence electrons. The van der Waals surface area contributed by atoms with Crippen molar-refractivity contribution in [2.24, 2.45) is 0 Å². The average Bonchev–Trinajstić information content (AvgIpc) is 3.02. The highest BCUT2D eigenvalue weighted by Gasteiger charge is 2.23. The monoisotopic (exact) mass is 366 g/mol. The Kier molecular flexibility index (Phi) is 5.10. The normalized spacial score (nSPS) is 16.3. The fourth-order valence-electron chi connectivity index (χ4n) is 2.42. The van der Waals surface area contributed by atoms with Gasteiger partial charge in [0.2, 0.25) is 5.95 Å². The van der Waals surface area contributed by atoms with Crippen LogP contribution in [0.4, 0.5) is 11.8 Å². The quantitative estimate of drug-likeness (QED) is 0.695. The SMILES string of the molecule is CCOC(=O)c1ccc(CC[C@@H]2CNc3nc(N)[nH]c(=O)c3S2)s1. The maximum Gasteiger partial charge on any atom is 0.348 e. The lowest BCUT2D eigenvalue weighted by atomic mass is 10.2. The summed E-state index contributed by atoms with van der Waals surface area (Å²) in [6.07, 6.45) is 1.74. The molecular formula is C15H18N4O3S2. The van der Waals surface area contributed by atoms with Crippen molar-refractivity contribution in [2.45, 2.75) is 29.9 Å². The average molecular weight is 366 g/mol. The molecule has 4 N–H and O–H groups in total. The van der Waals surface area contributed by atoms with Gasteiger partial charge in [-0.3, -0.25) is 9.78 Å². The van der Waals surface area contributed by atoms with Crippen molar-refractivity contribution in [3.63, 3.8) is 0 Å². The zero-order valence-corrected chi connectivity index (χ0v) is 14.8. The summed E-state index contributed by atoms with van der Waals surface area (Å²) in [5.74, 6) is 0.403. The number of aromatic amines is 1. The molecule has 0 fully saturated rings. The molecule has 3 heterocycles. The Balaban J connectivity index is 1.60. The van der Waals surface area contributed by atoms with Crippen molar-refractivity contribution in [1.82, 2.24) is 9.97 Å². The van der Waals surface area contributed by atoms with Crippen LogP contribution >= 0.6 is 23.1 Å². The minimum absolute atomic E-state index is 0.121. The molecule has 2 aromatic rings. The van der Waals surface area contributed by atoms with E-state index in [2.05, 4.69) is 15.3 Å². The molecule has 9 heteroatoms. The maximum absolute atomic E-state index is 12.0. The number of nitrogens with two attached hydrogens (primary N) is 1. The number of thioether (sulfide) groups is 1. The summed E-state index contributed by atoms with van der Waals surface area (Å²) in [5.41, 5.74) is 5.34. The highest BCUT2D eigenvalue weighted by atomic mass is 32.2. The third kappa shape index (κ3) is 3.73. The highest BCUT2D eigenvalue weighted by molar-refractivity contribution is 8.00. The molecule has 0 unspecified atom stereocenters. The third-order valence-corrected chi connectivity index (χ3v) is 6.00. The van der Waals surface area contributed by atoms with Gasteiger partial charge in [-0.15, -0.1) is 23.1 Å². The predicted octanol–water partition coefficient (Wildman–Crippen LogP) is 2.11. The van der Waals surface area contributed by atoms with Crippen LogP contribution in [0.25, 0.3) is 0 Å². The van der Waals surface area contributed by atoms with Crippen LogP contribution in [0.5, 0.6) is 0 Å². The molecule has 7 nitrogen and oxygen atoms in total. The lowest BCUT2D eigenvalue weighted by Crippen LogP contribution is -2.28. The fraction of sp³-hybridized carbons (Fsp3) is 0.400. The minimum atomic E-state index is -0.272. The molecule has 0 radical (unpaired) electrons. The van der Waals surface area contributed by atoms with Crippen LogP contribution in [-0.2, 0) is 11.2 Å². The van der Waals surface area contributed by atoms with Crippen molar-refractivity contribution in [1.29, 1.82) is 0 Å². The summed E-state index contributed by atoms with van der Waals surface area (Å²) in [7, 11) is 0. The topological polar surface area (TPSA) is 110 Å². The first-order valence-corrected chi connectivity index (χ1v) is 9.32. The molecule has 3 rings (SSSR count). The summed E-state index contributed by atoms with van der Waals surface area (Å²) in [6.45, 7) is 2.90. The van der Waals surface area contributed by atoms with Gasteiger partial charge in [-0.2, -0.15) is 4.98 Å². The van der Waals surface area contributed by atoms with Crippen LogP contribution in [-0.4, -0.2) is 34.3 Å². The maximum atomic E-state index is 12.0. The second-order valence-electron chi connectivity index (χ2n) is 5.27. The van der Waals surface area contributed by atoms with Crippen LogP contribution in [0, 0.1) is 0 Å². The number of aromatic nitrogens is 2. The van der Waals surface area contributed by atoms with E-state index in [1.54, 1.807) is 13.0 Å². The molecule has 0 spiro atoms. The molecule has 1 aliphatic heterocycles. The second-order valence-corrected chi connectivity index (χ2v) is 7.75. The Labute approximate surface area is 147 Å². The molecule has 0 amide bonds. The van der Waals surface area contributed by atoms with Crippen LogP contribution < -0.4 is 16.6 Å². The first-order valence-electron chi connectivity index (χ1n) is 7.63. The number of anilines is 2. The number of fused-ring (bicyclic) bond motifs is 1. The van der Waals surface area contributed by atoms with E-state index in [9.17, 15) is 9.59 Å². The van der Waals surface area contributed by atoms with Gasteiger partial charge < -0.3 is 15.8 Å². The number of nitrogen functional groups attached to an aromatic ring is 1. The standard InChI is InChI=1S/C15H18N4O3S2/c1-2-22-14(21)10-6-5-8(23-10)3-4-9-7-17-12-11(24-9)13(20)19-15(16)18-12/h5-6,9H,2-4,7H2,1H3,(H4,16,17,18,19,20)/t9-/m1/s1. The number of ether oxygens (including phenoxy) is 1. The molecule has 0 aliphatic carbocycles. The first-order chi connectivity index (χ1) is 11.6. The van der Waals surface area contributed by atoms with Gasteiger partial charge in [0.15, 0.2) is 0 Å². The van der Waals surface area contributed by atoms with Crippen molar-refractivity contribution < 1.29 is 9.53 Å². The smallest absolute Gasteiger partial charge is 0.348 e. The second kappa shape index (κ2) is 7.27. The molecule has 24 heavy (non-hydrogen) atoms. The molecule has 1 atom stereocenters. The van der Waals surface area contributed by atoms with E-state index in [0.29, 0.717) is 22.2 Å². The summed E-state index contributed by atoms with van der Waals surface area (Å²) in [5, 5.41) is 3.43. The van der Waals surface area contributed by atoms with E-state index < -0.39 is 0 Å². The Bertz CT molecular complexity index is 802. The van der Waals surface area contributed by atoms with Crippen molar-refractivity contribution in [3.05, 3.63) is 32.2 Å². The van der Waals surface area contributed by atoms with Gasteiger partial charge >= 0.3 is 5.97 Å². The molecular weight excluding hydrogens is 348 g/mol. The van der Waals surface area contributed by atoms with Crippen molar-refractivity contribution in [2.75, 3.05) is 24.2 Å². The lowest BCUT2D eigenvalue weighted by molar-refractivity contribution is 0.0532. The first kappa shape index (κ1) is 16.8. The van der Waals surface area contributed by atoms with Crippen molar-refractivity contribution in [3.8, 4) is 0 Å². The van der Waals surface area contributed by atoms with E-state index in [-0.39, 0.29) is 22.7 Å². The molecule has 0 aromatic carbocycles. The van der Waals surface area contributed by atoms with E-state index in [0.717, 1.165) is 24.3 Å². The number of hydrogen-bond donors (Lipinski definition) is 3. The number of carbonyl (C=O) groups is 1. The number of thiophene rings is 1. The van der Waals surface area contributed by atoms with Crippen molar-refractivity contribution >= 4 is 40.8 Å². The number of H-pyrrole nitrogens is 1. The Morgan fingerprint density at radius 3 is 3.12 bits per heavy atom. The Morgan fingerprint density at radius 1 is 1.50 bits per heavy atom. The number of rotatable bonds is 5. The molecule has 0 saturated heterocycles. The van der Waals surface area contributed by atoms with E-state index in [1.165, 1.54) is 23.1 Å². The lowest BCUT2D eigenvalue weighted by Gasteiger charge is -2.23. The summed E-state index contributed by atoms with van der Waals surface area (Å²) < 4.78 is 5.00. The van der Waals surface area contributed by atoms with Crippen LogP contribution in [0.15, 0.2) is 21.8 Å². The van der Waals surface area contributed by atoms with Crippen LogP contribution in [0.1, 0.15) is 27.9 Å². The predicted molar refractivity (Wildman–Crippen MR) is 96.0 cm³/mol. The number of nitrogens with one attached hydrogen (secondary N) is 2. The van der Waals surface area contributed by atoms with Gasteiger partial charge in [0.25, 0.3) is 5.56 Å². The minimum Gasteiger partial charge on any atom is -0.462 e. The van der Waals surface area contributed by atoms with Gasteiger partial charge in [0, 0.05) is 16.7 Å². The van der Waals surface area contributed by atoms with Gasteiger partial charge in [-0.25, -0.2) is 4.79 Å². The number of esters is 1. The Hall–Kier alpha value is -2.00. The molecule has 0 saturated carbocycles. The van der Waals surface area contributed by atoms with Crippen LogP contribution in [0.2, 0.25) is 0 Å². The van der Waals surface area contributed by atoms with Gasteiger partial charge in [0.1, 0.15) is 15.6 Å². The largest absolute Gasteiger partial charge is 0.462 e. The zero-order valence-electron chi connectivity index (χ0n) is 13.1. The van der Waals surface area contributed by atoms with E-state index in [4.69, 9.17) is 10.5 Å². The Morgan fingerprint density at radius 2 is 2.33 bits per heavy atom. The molecule has 0 bridgehead atoms. The number of carbonyl (C=O) groups excluding carboxylic acids is 1. The molecule has 2 aromatic heterocycles. The zero-order chi connectivity index (χ0) is 17.1. The fourth-order valence-corrected chi connectivity index (χ4v) is 4.46.